The van der Waals surface area contributed by atoms with Crippen LogP contribution in [0.4, 0.5) is 0 Å². The number of fused-ring (bicyclic) bond motifs is 1. The molecule has 2 aliphatic carbocycles. The lowest BCUT2D eigenvalue weighted by Crippen LogP contribution is -2.78. The van der Waals surface area contributed by atoms with Gasteiger partial charge in [0.1, 0.15) is 35.9 Å². The molecule has 0 N–H and O–H groups in total. The second-order valence-corrected chi connectivity index (χ2v) is 12.9. The first kappa shape index (κ1) is 33.4. The highest BCUT2D eigenvalue weighted by Crippen LogP contribution is 2.68. The molecular weight excluding hydrogens is 572 g/mol. The van der Waals surface area contributed by atoms with Crippen molar-refractivity contribution in [1.29, 1.82) is 0 Å². The maximum atomic E-state index is 13.7. The molecule has 11 heteroatoms. The predicted molar refractivity (Wildman–Crippen MR) is 155 cm³/mol. The minimum atomic E-state index is -1.66. The lowest BCUT2D eigenvalue weighted by atomic mass is 9.47. The van der Waals surface area contributed by atoms with E-state index in [0.717, 1.165) is 0 Å². The zero-order chi connectivity index (χ0) is 32.6. The molecule has 4 rings (SSSR count). The van der Waals surface area contributed by atoms with Gasteiger partial charge in [-0.05, 0) is 51.2 Å². The van der Waals surface area contributed by atoms with Crippen LogP contribution in [0.2, 0.25) is 0 Å². The summed E-state index contributed by atoms with van der Waals surface area (Å²) in [5.41, 5.74) is -3.77. The van der Waals surface area contributed by atoms with E-state index in [9.17, 15) is 24.0 Å². The third-order valence-corrected chi connectivity index (χ3v) is 9.69. The van der Waals surface area contributed by atoms with Crippen LogP contribution in [0, 0.1) is 23.2 Å². The van der Waals surface area contributed by atoms with E-state index in [2.05, 4.69) is 0 Å². The fraction of sp³-hybridized carbons (Fsp3) is 0.667. The molecule has 1 aromatic carbocycles. The van der Waals surface area contributed by atoms with E-state index < -0.39 is 95.2 Å². The lowest BCUT2D eigenvalue weighted by molar-refractivity contribution is -0.319. The fourth-order valence-corrected chi connectivity index (χ4v) is 7.61. The Morgan fingerprint density at radius 3 is 2.09 bits per heavy atom. The Balaban J connectivity index is 2.03. The number of hydrogen-bond acceptors (Lipinski definition) is 11. The molecule has 9 atom stereocenters. The highest BCUT2D eigenvalue weighted by atomic mass is 16.6. The summed E-state index contributed by atoms with van der Waals surface area (Å²) in [5.74, 6) is -4.52. The third kappa shape index (κ3) is 5.71. The topological polar surface area (TPSA) is 141 Å². The summed E-state index contributed by atoms with van der Waals surface area (Å²) in [6.07, 6.45) is -3.54. The van der Waals surface area contributed by atoms with Gasteiger partial charge in [0.25, 0.3) is 0 Å². The summed E-state index contributed by atoms with van der Waals surface area (Å²) in [5, 5.41) is 0. The molecular formula is C33H44O11. The van der Waals surface area contributed by atoms with Crippen molar-refractivity contribution in [2.75, 3.05) is 6.61 Å². The van der Waals surface area contributed by atoms with E-state index >= 15 is 0 Å². The van der Waals surface area contributed by atoms with E-state index in [4.69, 9.17) is 28.4 Å². The molecule has 2 saturated carbocycles. The summed E-state index contributed by atoms with van der Waals surface area (Å²) in [6, 6.07) is 8.41. The largest absolute Gasteiger partial charge is 0.465 e. The van der Waals surface area contributed by atoms with Gasteiger partial charge in [-0.15, -0.1) is 0 Å². The van der Waals surface area contributed by atoms with E-state index in [-0.39, 0.29) is 18.4 Å². The second kappa shape index (κ2) is 12.5. The van der Waals surface area contributed by atoms with Gasteiger partial charge in [-0.2, -0.15) is 0 Å². The van der Waals surface area contributed by atoms with Crippen LogP contribution < -0.4 is 0 Å². The number of rotatable bonds is 9. The van der Waals surface area contributed by atoms with Gasteiger partial charge in [0.05, 0.1) is 17.1 Å². The molecule has 0 unspecified atom stereocenters. The van der Waals surface area contributed by atoms with Crippen LogP contribution in [-0.2, 0) is 47.6 Å². The van der Waals surface area contributed by atoms with Gasteiger partial charge >= 0.3 is 29.8 Å². The molecule has 3 aliphatic rings. The minimum Gasteiger partial charge on any atom is -0.465 e. The number of hydrogen-bond donors (Lipinski definition) is 0. The molecule has 1 heterocycles. The Hall–Kier alpha value is -3.47. The molecule has 0 radical (unpaired) electrons. The number of esters is 5. The van der Waals surface area contributed by atoms with Gasteiger partial charge in [-0.3, -0.25) is 19.2 Å². The molecule has 3 fully saturated rings. The van der Waals surface area contributed by atoms with Crippen LogP contribution in [0.5, 0.6) is 0 Å². The summed E-state index contributed by atoms with van der Waals surface area (Å²) >= 11 is 0. The van der Waals surface area contributed by atoms with Crippen molar-refractivity contribution >= 4 is 29.8 Å². The normalized spacial score (nSPS) is 34.1. The van der Waals surface area contributed by atoms with Crippen LogP contribution >= 0.6 is 0 Å². The molecule has 0 amide bonds. The SMILES string of the molecule is CC[C@@H](C)C(=O)O[C@H]1[C@@H](OC(C)=O)C[C@@H](C)[C@]23OC(C)(C)[C@H](C[C@@H](OC(=O)c4ccccc4)[C@]12COC(C)=O)[C@H]3OC(C)=O. The molecule has 1 spiro atoms. The number of carbonyl (C=O) groups excluding carboxylic acids is 5. The minimum absolute atomic E-state index is 0.115. The van der Waals surface area contributed by atoms with Gasteiger partial charge in [0.2, 0.25) is 0 Å². The van der Waals surface area contributed by atoms with E-state index in [0.29, 0.717) is 6.42 Å². The van der Waals surface area contributed by atoms with Crippen molar-refractivity contribution in [1.82, 2.24) is 0 Å². The van der Waals surface area contributed by atoms with E-state index in [1.807, 2.05) is 27.7 Å². The zero-order valence-electron chi connectivity index (χ0n) is 26.7. The fourth-order valence-electron chi connectivity index (χ4n) is 7.61. The van der Waals surface area contributed by atoms with Gasteiger partial charge in [0.15, 0.2) is 6.10 Å². The van der Waals surface area contributed by atoms with Crippen molar-refractivity contribution < 1.29 is 52.4 Å². The molecule has 1 aliphatic heterocycles. The van der Waals surface area contributed by atoms with Crippen molar-refractivity contribution in [3.05, 3.63) is 35.9 Å². The zero-order valence-corrected chi connectivity index (χ0v) is 26.7. The maximum absolute atomic E-state index is 13.7. The Morgan fingerprint density at radius 2 is 1.52 bits per heavy atom. The van der Waals surface area contributed by atoms with Gasteiger partial charge in [-0.25, -0.2) is 4.79 Å². The molecule has 11 nitrogen and oxygen atoms in total. The van der Waals surface area contributed by atoms with Gasteiger partial charge in [0, 0.05) is 26.7 Å². The molecule has 0 aromatic heterocycles. The number of benzene rings is 1. The third-order valence-electron chi connectivity index (χ3n) is 9.69. The van der Waals surface area contributed by atoms with Crippen LogP contribution in [0.3, 0.4) is 0 Å². The molecule has 1 aromatic rings. The maximum Gasteiger partial charge on any atom is 0.338 e. The summed E-state index contributed by atoms with van der Waals surface area (Å²) in [7, 11) is 0. The van der Waals surface area contributed by atoms with Gasteiger partial charge in [-0.1, -0.05) is 39.0 Å². The number of ether oxygens (including phenoxy) is 6. The average molecular weight is 617 g/mol. The highest BCUT2D eigenvalue weighted by Gasteiger charge is 2.82. The quantitative estimate of drug-likeness (QED) is 0.291. The van der Waals surface area contributed by atoms with Crippen LogP contribution in [0.15, 0.2) is 30.3 Å². The van der Waals surface area contributed by atoms with E-state index in [1.165, 1.54) is 20.8 Å². The molecule has 44 heavy (non-hydrogen) atoms. The molecule has 2 bridgehead atoms. The monoisotopic (exact) mass is 616 g/mol. The van der Waals surface area contributed by atoms with E-state index in [1.54, 1.807) is 37.3 Å². The summed E-state index contributed by atoms with van der Waals surface area (Å²) in [6.45, 7) is 12.5. The van der Waals surface area contributed by atoms with Crippen molar-refractivity contribution in [2.24, 2.45) is 23.2 Å². The Kier molecular flexibility index (Phi) is 9.49. The summed E-state index contributed by atoms with van der Waals surface area (Å²) in [4.78, 5) is 64.8. The number of carbonyl (C=O) groups is 5. The Morgan fingerprint density at radius 1 is 0.886 bits per heavy atom. The molecule has 1 saturated heterocycles. The van der Waals surface area contributed by atoms with Crippen LogP contribution in [0.1, 0.15) is 85.0 Å². The first-order valence-electron chi connectivity index (χ1n) is 15.2. The summed E-state index contributed by atoms with van der Waals surface area (Å²) < 4.78 is 37.2. The predicted octanol–water partition coefficient (Wildman–Crippen LogP) is 4.19. The van der Waals surface area contributed by atoms with Crippen LogP contribution in [0.25, 0.3) is 0 Å². The standard InChI is InChI=1S/C33H44O11/c1-9-18(2)29(37)43-28-25(40-21(5)35)15-19(3)33-27(41-22(6)36)24(31(7,8)44-33)16-26(32(28,33)17-39-20(4)34)42-30(38)23-13-11-10-12-14-23/h10-14,18-19,24-28H,9,15-17H2,1-8H3/t18-,19-,24-,25+,26-,27-,28+,32-,33-/m1/s1. The van der Waals surface area contributed by atoms with Gasteiger partial charge < -0.3 is 28.4 Å². The second-order valence-electron chi connectivity index (χ2n) is 12.9. The van der Waals surface area contributed by atoms with Crippen molar-refractivity contribution in [2.45, 2.75) is 110 Å². The highest BCUT2D eigenvalue weighted by molar-refractivity contribution is 5.89. The van der Waals surface area contributed by atoms with Crippen LogP contribution in [-0.4, -0.2) is 72.1 Å². The molecule has 242 valence electrons. The average Bonchev–Trinajstić information content (AvgIpc) is 3.11. The smallest absolute Gasteiger partial charge is 0.338 e. The first-order valence-corrected chi connectivity index (χ1v) is 15.2. The first-order chi connectivity index (χ1) is 20.6. The Bertz CT molecular complexity index is 1280. The Labute approximate surface area is 258 Å². The van der Waals surface area contributed by atoms with Crippen molar-refractivity contribution in [3.8, 4) is 0 Å². The van der Waals surface area contributed by atoms with Crippen molar-refractivity contribution in [3.63, 3.8) is 0 Å². The lowest BCUT2D eigenvalue weighted by Gasteiger charge is -2.63.